The molecule has 7 nitrogen and oxygen atoms in total. The first-order valence-corrected chi connectivity index (χ1v) is 11.5. The molecule has 0 unspecified atom stereocenters. The van der Waals surface area contributed by atoms with E-state index in [4.69, 9.17) is 0 Å². The van der Waals surface area contributed by atoms with Crippen LogP contribution in [0, 0.1) is 6.92 Å². The van der Waals surface area contributed by atoms with E-state index in [0.717, 1.165) is 35.4 Å². The monoisotopic (exact) mass is 422 g/mol. The predicted molar refractivity (Wildman–Crippen MR) is 112 cm³/mol. The Bertz CT molecular complexity index is 1170. The highest BCUT2D eigenvalue weighted by molar-refractivity contribution is 7.91. The number of ketones is 1. The summed E-state index contributed by atoms with van der Waals surface area (Å²) in [7, 11) is -3.18. The zero-order valence-electron chi connectivity index (χ0n) is 16.7. The highest BCUT2D eigenvalue weighted by atomic mass is 32.2. The van der Waals surface area contributed by atoms with E-state index in [2.05, 4.69) is 19.9 Å². The number of rotatable bonds is 8. The van der Waals surface area contributed by atoms with Crippen molar-refractivity contribution in [2.24, 2.45) is 0 Å². The fourth-order valence-electron chi connectivity index (χ4n) is 3.22. The number of benzene rings is 1. The van der Waals surface area contributed by atoms with Crippen LogP contribution in [0.3, 0.4) is 0 Å². The lowest BCUT2D eigenvalue weighted by atomic mass is 10.0. The van der Waals surface area contributed by atoms with E-state index >= 15 is 0 Å². The van der Waals surface area contributed by atoms with Crippen molar-refractivity contribution in [2.75, 3.05) is 0 Å². The highest BCUT2D eigenvalue weighted by Crippen LogP contribution is 2.30. The number of aryl methyl sites for hydroxylation is 1. The van der Waals surface area contributed by atoms with Gasteiger partial charge in [0.05, 0.1) is 28.5 Å². The van der Waals surface area contributed by atoms with Crippen molar-refractivity contribution in [1.29, 1.82) is 0 Å². The number of carbonyl (C=O) groups is 1. The maximum absolute atomic E-state index is 12.5. The van der Waals surface area contributed by atoms with Gasteiger partial charge in [-0.3, -0.25) is 9.78 Å². The summed E-state index contributed by atoms with van der Waals surface area (Å²) in [6, 6.07) is 9.33. The van der Waals surface area contributed by atoms with Crippen LogP contribution in [0.25, 0.3) is 11.3 Å². The van der Waals surface area contributed by atoms with Gasteiger partial charge in [-0.05, 0) is 31.4 Å². The zero-order chi connectivity index (χ0) is 21.1. The van der Waals surface area contributed by atoms with E-state index in [1.807, 2.05) is 31.2 Å². The Balaban J connectivity index is 1.38. The molecule has 3 aromatic rings. The van der Waals surface area contributed by atoms with Crippen molar-refractivity contribution in [2.45, 2.75) is 43.6 Å². The number of carbonyl (C=O) groups excluding carboxylic acids is 1. The molecule has 0 radical (unpaired) electrons. The second kappa shape index (κ2) is 8.39. The van der Waals surface area contributed by atoms with Gasteiger partial charge in [0, 0.05) is 30.8 Å². The molecule has 1 aliphatic rings. The minimum absolute atomic E-state index is 0.00722. The van der Waals surface area contributed by atoms with E-state index in [0.29, 0.717) is 5.69 Å². The van der Waals surface area contributed by atoms with Crippen LogP contribution >= 0.6 is 0 Å². The minimum Gasteiger partial charge on any atom is -0.299 e. The molecular weight excluding hydrogens is 400 g/mol. The molecule has 0 N–H and O–H groups in total. The fourth-order valence-corrected chi connectivity index (χ4v) is 4.81. The summed E-state index contributed by atoms with van der Waals surface area (Å²) >= 11 is 0. The molecule has 1 aromatic carbocycles. The van der Waals surface area contributed by atoms with Crippen molar-refractivity contribution in [1.82, 2.24) is 19.9 Å². The Kier molecular flexibility index (Phi) is 5.67. The standard InChI is InChI=1S/C22H22N4O3S/c1-15-12-23-13-21(25-15)17-4-2-16(3-5-17)10-19(27)11-18-8-9-24-22(26-18)14-30(28,29)20-6-7-20/h2-5,8-9,12-13,20H,6-7,10-11,14H2,1H3. The van der Waals surface area contributed by atoms with Gasteiger partial charge in [-0.15, -0.1) is 0 Å². The molecule has 30 heavy (non-hydrogen) atoms. The average Bonchev–Trinajstić information content (AvgIpc) is 3.54. The summed E-state index contributed by atoms with van der Waals surface area (Å²) in [5.41, 5.74) is 4.03. The topological polar surface area (TPSA) is 103 Å². The number of Topliss-reactive ketones (excluding diaryl/α,β-unsaturated/α-hetero) is 1. The molecule has 0 saturated heterocycles. The highest BCUT2D eigenvalue weighted by Gasteiger charge is 2.36. The zero-order valence-corrected chi connectivity index (χ0v) is 17.5. The second-order valence-corrected chi connectivity index (χ2v) is 9.89. The van der Waals surface area contributed by atoms with Crippen LogP contribution in [0.15, 0.2) is 48.9 Å². The van der Waals surface area contributed by atoms with Crippen molar-refractivity contribution < 1.29 is 13.2 Å². The maximum Gasteiger partial charge on any atom is 0.160 e. The number of hydrogen-bond acceptors (Lipinski definition) is 7. The lowest BCUT2D eigenvalue weighted by Gasteiger charge is -2.06. The number of hydrogen-bond donors (Lipinski definition) is 0. The van der Waals surface area contributed by atoms with Crippen LogP contribution in [0.5, 0.6) is 0 Å². The summed E-state index contributed by atoms with van der Waals surface area (Å²) in [4.78, 5) is 29.4. The van der Waals surface area contributed by atoms with Gasteiger partial charge in [-0.2, -0.15) is 0 Å². The molecule has 0 atom stereocenters. The van der Waals surface area contributed by atoms with E-state index in [9.17, 15) is 13.2 Å². The Morgan fingerprint density at radius 2 is 1.80 bits per heavy atom. The molecule has 0 aliphatic heterocycles. The minimum atomic E-state index is -3.18. The van der Waals surface area contributed by atoms with Crippen LogP contribution in [0.2, 0.25) is 0 Å². The molecule has 2 heterocycles. The molecule has 0 bridgehead atoms. The third kappa shape index (κ3) is 5.13. The molecular formula is C22H22N4O3S. The molecule has 1 fully saturated rings. The summed E-state index contributed by atoms with van der Waals surface area (Å²) in [5.74, 6) is 0.104. The third-order valence-corrected chi connectivity index (χ3v) is 7.06. The van der Waals surface area contributed by atoms with E-state index in [1.54, 1.807) is 18.5 Å². The third-order valence-electron chi connectivity index (χ3n) is 4.91. The Morgan fingerprint density at radius 3 is 2.50 bits per heavy atom. The van der Waals surface area contributed by atoms with Crippen LogP contribution in [0.1, 0.15) is 35.6 Å². The first-order chi connectivity index (χ1) is 14.4. The summed E-state index contributed by atoms with van der Waals surface area (Å²) in [6.45, 7) is 1.89. The summed E-state index contributed by atoms with van der Waals surface area (Å²) < 4.78 is 24.3. The first-order valence-electron chi connectivity index (χ1n) is 9.81. The lowest BCUT2D eigenvalue weighted by Crippen LogP contribution is -2.14. The molecule has 0 spiro atoms. The lowest BCUT2D eigenvalue weighted by molar-refractivity contribution is -0.117. The van der Waals surface area contributed by atoms with Crippen molar-refractivity contribution in [3.63, 3.8) is 0 Å². The van der Waals surface area contributed by atoms with Gasteiger partial charge in [-0.1, -0.05) is 24.3 Å². The van der Waals surface area contributed by atoms with Gasteiger partial charge in [0.1, 0.15) is 17.4 Å². The average molecular weight is 423 g/mol. The SMILES string of the molecule is Cc1cncc(-c2ccc(CC(=O)Cc3ccnc(CS(=O)(=O)C4CC4)n3)cc2)n1. The molecule has 154 valence electrons. The van der Waals surface area contributed by atoms with E-state index in [-0.39, 0.29) is 35.5 Å². The fraction of sp³-hybridized carbons (Fsp3) is 0.318. The first kappa shape index (κ1) is 20.3. The number of aromatic nitrogens is 4. The Hall–Kier alpha value is -3.00. The van der Waals surface area contributed by atoms with Gasteiger partial charge < -0.3 is 0 Å². The predicted octanol–water partition coefficient (Wildman–Crippen LogP) is 2.67. The van der Waals surface area contributed by atoms with E-state index in [1.165, 1.54) is 6.20 Å². The van der Waals surface area contributed by atoms with Gasteiger partial charge in [-0.25, -0.2) is 23.4 Å². The molecule has 1 aliphatic carbocycles. The van der Waals surface area contributed by atoms with Crippen molar-refractivity contribution >= 4 is 15.6 Å². The quantitative estimate of drug-likeness (QED) is 0.550. The number of sulfone groups is 1. The molecule has 0 amide bonds. The largest absolute Gasteiger partial charge is 0.299 e. The van der Waals surface area contributed by atoms with Gasteiger partial charge in [0.15, 0.2) is 9.84 Å². The molecule has 1 saturated carbocycles. The Labute approximate surface area is 175 Å². The van der Waals surface area contributed by atoms with Crippen molar-refractivity contribution in [3.05, 3.63) is 71.7 Å². The smallest absolute Gasteiger partial charge is 0.160 e. The normalized spacial score (nSPS) is 13.9. The second-order valence-electron chi connectivity index (χ2n) is 7.61. The van der Waals surface area contributed by atoms with Gasteiger partial charge in [0.25, 0.3) is 0 Å². The van der Waals surface area contributed by atoms with Crippen molar-refractivity contribution in [3.8, 4) is 11.3 Å². The summed E-state index contributed by atoms with van der Waals surface area (Å²) in [5, 5.41) is -0.250. The van der Waals surface area contributed by atoms with Crippen LogP contribution in [0.4, 0.5) is 0 Å². The Morgan fingerprint density at radius 1 is 1.03 bits per heavy atom. The number of nitrogens with zero attached hydrogens (tertiary/aromatic N) is 4. The van der Waals surface area contributed by atoms with E-state index < -0.39 is 9.84 Å². The molecule has 2 aromatic heterocycles. The molecule has 4 rings (SSSR count). The van der Waals surface area contributed by atoms with Gasteiger partial charge >= 0.3 is 0 Å². The van der Waals surface area contributed by atoms with Gasteiger partial charge in [0.2, 0.25) is 0 Å². The molecule has 8 heteroatoms. The summed E-state index contributed by atoms with van der Waals surface area (Å²) in [6.07, 6.45) is 6.79. The van der Waals surface area contributed by atoms with Crippen LogP contribution < -0.4 is 0 Å². The van der Waals surface area contributed by atoms with Crippen LogP contribution in [-0.2, 0) is 33.2 Å². The maximum atomic E-state index is 12.5. The van der Waals surface area contributed by atoms with Crippen LogP contribution in [-0.4, -0.2) is 39.4 Å².